The molecule has 2 fully saturated rings. The van der Waals surface area contributed by atoms with E-state index in [9.17, 15) is 18.0 Å². The number of nitrogens with one attached hydrogen (secondary N) is 1. The predicted octanol–water partition coefficient (Wildman–Crippen LogP) is 4.31. The minimum Gasteiger partial charge on any atom is -0.465 e. The number of benzene rings is 1. The minimum atomic E-state index is -4.76. The lowest BCUT2D eigenvalue weighted by Gasteiger charge is -2.39. The number of esters is 1. The number of nitrogens with zero attached hydrogens (tertiary/aromatic N) is 5. The second-order valence-electron chi connectivity index (χ2n) is 11.0. The van der Waals surface area contributed by atoms with Crippen LogP contribution in [0, 0.1) is 12.3 Å². The van der Waals surface area contributed by atoms with E-state index in [1.807, 2.05) is 11.8 Å². The molecule has 2 aliphatic heterocycles. The number of anilines is 2. The van der Waals surface area contributed by atoms with Crippen LogP contribution in [0.25, 0.3) is 5.69 Å². The molecular weight excluding hydrogens is 551 g/mol. The van der Waals surface area contributed by atoms with Crippen molar-refractivity contribution in [2.24, 2.45) is 5.41 Å². The third-order valence-corrected chi connectivity index (χ3v) is 8.08. The van der Waals surface area contributed by atoms with Crippen molar-refractivity contribution in [3.63, 3.8) is 0 Å². The highest BCUT2D eigenvalue weighted by Gasteiger charge is 2.46. The van der Waals surface area contributed by atoms with E-state index in [1.54, 1.807) is 38.2 Å². The van der Waals surface area contributed by atoms with Crippen molar-refractivity contribution in [2.45, 2.75) is 64.8 Å². The number of carbonyl (C=O) groups excluding carboxylic acids is 1. The molecule has 3 N–H and O–H groups in total. The molecule has 226 valence electrons. The molecule has 42 heavy (non-hydrogen) atoms. The standard InChI is InChI=1S/C29H36F3N7O3/c1-4-19-6-7-20(22(14-19)39-11-8-18(3)37-39)25(29(30,31)32)42-24-15-23(35-27(33)36-24)38-12-9-28(10-13-38)16-21(34-17-28)26(40)41-5-2/h6-8,11,14-15,21,25,34H,4-5,9-10,12-13,16-17H2,1-3H3,(H2,33,35,36)/t21-,25+/m0/s1. The highest BCUT2D eigenvalue weighted by molar-refractivity contribution is 5.76. The molecule has 0 unspecified atom stereocenters. The lowest BCUT2D eigenvalue weighted by atomic mass is 9.76. The van der Waals surface area contributed by atoms with Gasteiger partial charge in [0, 0.05) is 37.5 Å². The first-order chi connectivity index (χ1) is 20.0. The summed E-state index contributed by atoms with van der Waals surface area (Å²) in [4.78, 5) is 22.5. The van der Waals surface area contributed by atoms with E-state index >= 15 is 0 Å². The zero-order valence-electron chi connectivity index (χ0n) is 23.9. The van der Waals surface area contributed by atoms with Crippen LogP contribution in [-0.4, -0.2) is 64.2 Å². The highest BCUT2D eigenvalue weighted by Crippen LogP contribution is 2.42. The molecule has 0 radical (unpaired) electrons. The number of hydrogen-bond donors (Lipinski definition) is 2. The average molecular weight is 588 g/mol. The van der Waals surface area contributed by atoms with Crippen LogP contribution >= 0.6 is 0 Å². The van der Waals surface area contributed by atoms with Gasteiger partial charge in [0.2, 0.25) is 17.9 Å². The van der Waals surface area contributed by atoms with Gasteiger partial charge >= 0.3 is 12.1 Å². The van der Waals surface area contributed by atoms with Crippen LogP contribution in [0.1, 0.15) is 56.0 Å². The van der Waals surface area contributed by atoms with Crippen molar-refractivity contribution >= 4 is 17.7 Å². The number of piperidine rings is 1. The van der Waals surface area contributed by atoms with E-state index in [0.29, 0.717) is 50.6 Å². The van der Waals surface area contributed by atoms with E-state index in [2.05, 4.69) is 20.4 Å². The summed E-state index contributed by atoms with van der Waals surface area (Å²) in [6.07, 6.45) is -2.57. The molecule has 1 aromatic carbocycles. The molecule has 0 aliphatic carbocycles. The van der Waals surface area contributed by atoms with Gasteiger partial charge in [-0.15, -0.1) is 0 Å². The van der Waals surface area contributed by atoms with Gasteiger partial charge in [0.05, 0.1) is 18.0 Å². The fourth-order valence-corrected chi connectivity index (χ4v) is 5.78. The van der Waals surface area contributed by atoms with Gasteiger partial charge in [-0.3, -0.25) is 4.79 Å². The third-order valence-electron chi connectivity index (χ3n) is 8.08. The van der Waals surface area contributed by atoms with Gasteiger partial charge in [0.25, 0.3) is 0 Å². The van der Waals surface area contributed by atoms with Gasteiger partial charge < -0.3 is 25.4 Å². The van der Waals surface area contributed by atoms with E-state index < -0.39 is 12.3 Å². The number of halogens is 3. The van der Waals surface area contributed by atoms with Crippen molar-refractivity contribution in [2.75, 3.05) is 36.9 Å². The van der Waals surface area contributed by atoms with Crippen LogP contribution in [0.2, 0.25) is 0 Å². The Morgan fingerprint density at radius 2 is 1.95 bits per heavy atom. The number of aryl methyl sites for hydroxylation is 2. The molecule has 2 atom stereocenters. The van der Waals surface area contributed by atoms with Crippen molar-refractivity contribution in [3.05, 3.63) is 53.3 Å². The maximum Gasteiger partial charge on any atom is 0.429 e. The van der Waals surface area contributed by atoms with Crippen LogP contribution in [0.5, 0.6) is 5.88 Å². The summed E-state index contributed by atoms with van der Waals surface area (Å²) in [5.41, 5.74) is 7.63. The normalized spacial score (nSPS) is 19.2. The molecule has 2 aromatic heterocycles. The molecule has 5 rings (SSSR count). The second-order valence-corrected chi connectivity index (χ2v) is 11.0. The Bertz CT molecular complexity index is 1420. The first kappa shape index (κ1) is 29.6. The number of nitrogen functional groups attached to an aromatic ring is 1. The topological polar surface area (TPSA) is 120 Å². The zero-order valence-corrected chi connectivity index (χ0v) is 23.9. The molecule has 0 saturated carbocycles. The van der Waals surface area contributed by atoms with Crippen LogP contribution < -0.4 is 20.7 Å². The molecule has 3 aromatic rings. The van der Waals surface area contributed by atoms with Crippen molar-refractivity contribution in [1.82, 2.24) is 25.1 Å². The molecular formula is C29H36F3N7O3. The smallest absolute Gasteiger partial charge is 0.429 e. The van der Waals surface area contributed by atoms with Crippen LogP contribution in [0.15, 0.2) is 36.5 Å². The number of ether oxygens (including phenoxy) is 2. The Hall–Kier alpha value is -3.87. The van der Waals surface area contributed by atoms with Crippen molar-refractivity contribution in [1.29, 1.82) is 0 Å². The molecule has 4 heterocycles. The van der Waals surface area contributed by atoms with Gasteiger partial charge in [-0.2, -0.15) is 28.2 Å². The quantitative estimate of drug-likeness (QED) is 0.372. The first-order valence-corrected chi connectivity index (χ1v) is 14.2. The van der Waals surface area contributed by atoms with Gasteiger partial charge in [-0.05, 0) is 62.6 Å². The highest BCUT2D eigenvalue weighted by atomic mass is 19.4. The van der Waals surface area contributed by atoms with Crippen LogP contribution in [0.3, 0.4) is 0 Å². The second kappa shape index (κ2) is 11.8. The lowest BCUT2D eigenvalue weighted by Crippen LogP contribution is -2.41. The number of hydrogen-bond acceptors (Lipinski definition) is 9. The summed E-state index contributed by atoms with van der Waals surface area (Å²) in [5.74, 6) is -0.299. The molecule has 2 aliphatic rings. The average Bonchev–Trinajstić information content (AvgIpc) is 3.57. The van der Waals surface area contributed by atoms with E-state index in [1.165, 1.54) is 16.8 Å². The van der Waals surface area contributed by atoms with E-state index in [-0.39, 0.29) is 40.5 Å². The van der Waals surface area contributed by atoms with Crippen LogP contribution in [0.4, 0.5) is 24.9 Å². The minimum absolute atomic E-state index is 0.0564. The number of aromatic nitrogens is 4. The van der Waals surface area contributed by atoms with Gasteiger partial charge in [0.1, 0.15) is 11.9 Å². The molecule has 2 saturated heterocycles. The number of nitrogens with two attached hydrogens (primary N) is 1. The summed E-state index contributed by atoms with van der Waals surface area (Å²) < 4.78 is 55.9. The Labute approximate surface area is 242 Å². The summed E-state index contributed by atoms with van der Waals surface area (Å²) in [5, 5.41) is 7.62. The van der Waals surface area contributed by atoms with Gasteiger partial charge in [-0.25, -0.2) is 4.68 Å². The van der Waals surface area contributed by atoms with Crippen LogP contribution in [-0.2, 0) is 16.0 Å². The summed E-state index contributed by atoms with van der Waals surface area (Å²) in [6, 6.07) is 7.58. The number of alkyl halides is 3. The Morgan fingerprint density at radius 3 is 2.60 bits per heavy atom. The van der Waals surface area contributed by atoms with E-state index in [0.717, 1.165) is 18.4 Å². The van der Waals surface area contributed by atoms with Gasteiger partial charge in [0.15, 0.2) is 0 Å². The maximum atomic E-state index is 14.6. The molecule has 1 spiro atoms. The number of carbonyl (C=O) groups is 1. The Balaban J connectivity index is 1.37. The van der Waals surface area contributed by atoms with Gasteiger partial charge in [-0.1, -0.05) is 19.1 Å². The van der Waals surface area contributed by atoms with Crippen molar-refractivity contribution < 1.29 is 27.4 Å². The first-order valence-electron chi connectivity index (χ1n) is 14.2. The number of rotatable bonds is 8. The monoisotopic (exact) mass is 587 g/mol. The lowest BCUT2D eigenvalue weighted by molar-refractivity contribution is -0.198. The molecule has 0 amide bonds. The third kappa shape index (κ3) is 6.30. The maximum absolute atomic E-state index is 14.6. The molecule has 10 nitrogen and oxygen atoms in total. The fraction of sp³-hybridized carbons (Fsp3) is 0.517. The molecule has 0 bridgehead atoms. The predicted molar refractivity (Wildman–Crippen MR) is 150 cm³/mol. The Morgan fingerprint density at radius 1 is 1.19 bits per heavy atom. The summed E-state index contributed by atoms with van der Waals surface area (Å²) in [6.45, 7) is 7.71. The largest absolute Gasteiger partial charge is 0.465 e. The fourth-order valence-electron chi connectivity index (χ4n) is 5.78. The SMILES string of the molecule is CCOC(=O)[C@@H]1CC2(CCN(c3cc(O[C@H](c4ccc(CC)cc4-n4ccc(C)n4)C(F)(F)F)nc(N)n3)CC2)CN1. The summed E-state index contributed by atoms with van der Waals surface area (Å²) in [7, 11) is 0. The Kier molecular flexibility index (Phi) is 8.31. The van der Waals surface area contributed by atoms with E-state index in [4.69, 9.17) is 15.2 Å². The van der Waals surface area contributed by atoms with Crippen molar-refractivity contribution in [3.8, 4) is 11.6 Å². The zero-order chi connectivity index (χ0) is 30.1. The summed E-state index contributed by atoms with van der Waals surface area (Å²) >= 11 is 0. The molecule has 13 heteroatoms.